The smallest absolute Gasteiger partial charge is 0.258 e. The molecule has 0 spiro atoms. The van der Waals surface area contributed by atoms with Crippen LogP contribution in [0.3, 0.4) is 0 Å². The first kappa shape index (κ1) is 15.2. The van der Waals surface area contributed by atoms with E-state index in [1.165, 1.54) is 20.0 Å². The second-order valence-corrected chi connectivity index (χ2v) is 4.65. The third-order valence-corrected chi connectivity index (χ3v) is 2.70. The molecule has 5 nitrogen and oxygen atoms in total. The highest BCUT2D eigenvalue weighted by molar-refractivity contribution is 6.31. The molecule has 0 radical (unpaired) electrons. The lowest BCUT2D eigenvalue weighted by Gasteiger charge is -2.11. The molecule has 7 heteroatoms. The molecule has 2 aromatic rings. The summed E-state index contributed by atoms with van der Waals surface area (Å²) in [7, 11) is 0. The number of hydrogen-bond donors (Lipinski definition) is 0. The summed E-state index contributed by atoms with van der Waals surface area (Å²) in [4.78, 5) is 18.9. The summed E-state index contributed by atoms with van der Waals surface area (Å²) < 4.78 is 24.0. The number of aryl methyl sites for hydroxylation is 1. The van der Waals surface area contributed by atoms with E-state index in [-0.39, 0.29) is 40.6 Å². The average Bonchev–Trinajstić information content (AvgIpc) is 2.43. The molecule has 0 atom stereocenters. The molecule has 0 amide bonds. The van der Waals surface area contributed by atoms with Gasteiger partial charge in [-0.25, -0.2) is 14.4 Å². The molecule has 21 heavy (non-hydrogen) atoms. The van der Waals surface area contributed by atoms with Gasteiger partial charge in [0.05, 0.1) is 5.69 Å². The minimum Gasteiger partial charge on any atom is -0.467 e. The number of halogens is 2. The van der Waals surface area contributed by atoms with Crippen LogP contribution in [0.5, 0.6) is 17.5 Å². The number of pyridine rings is 2. The summed E-state index contributed by atoms with van der Waals surface area (Å²) in [6, 6.07) is 4.32. The molecule has 2 rings (SSSR count). The summed E-state index contributed by atoms with van der Waals surface area (Å²) in [5.74, 6) is -0.269. The van der Waals surface area contributed by atoms with Crippen molar-refractivity contribution in [1.29, 1.82) is 0 Å². The zero-order chi connectivity index (χ0) is 15.4. The summed E-state index contributed by atoms with van der Waals surface area (Å²) in [6.07, 6.45) is 1.49. The fourth-order valence-electron chi connectivity index (χ4n) is 1.44. The van der Waals surface area contributed by atoms with Crippen molar-refractivity contribution in [3.05, 3.63) is 40.9 Å². The first-order valence-corrected chi connectivity index (χ1v) is 6.43. The lowest BCUT2D eigenvalue weighted by Crippen LogP contribution is -2.08. The fourth-order valence-corrected chi connectivity index (χ4v) is 1.62. The van der Waals surface area contributed by atoms with Gasteiger partial charge in [0, 0.05) is 6.20 Å². The third-order valence-electron chi connectivity index (χ3n) is 2.43. The number of hydrogen-bond acceptors (Lipinski definition) is 5. The van der Waals surface area contributed by atoms with Crippen molar-refractivity contribution in [2.75, 3.05) is 6.61 Å². The van der Waals surface area contributed by atoms with Crippen molar-refractivity contribution in [2.24, 2.45) is 0 Å². The SMILES string of the molecule is CC(=O)COc1ncccc1Oc1nc(C)c(F)cc1Cl. The largest absolute Gasteiger partial charge is 0.467 e. The lowest BCUT2D eigenvalue weighted by atomic mass is 10.3. The van der Waals surface area contributed by atoms with Gasteiger partial charge in [-0.05, 0) is 32.0 Å². The van der Waals surface area contributed by atoms with Crippen molar-refractivity contribution >= 4 is 17.4 Å². The molecule has 0 unspecified atom stereocenters. The van der Waals surface area contributed by atoms with Crippen LogP contribution in [0, 0.1) is 12.7 Å². The van der Waals surface area contributed by atoms with Gasteiger partial charge in [-0.3, -0.25) is 4.79 Å². The summed E-state index contributed by atoms with van der Waals surface area (Å²) >= 11 is 5.89. The highest BCUT2D eigenvalue weighted by Gasteiger charge is 2.13. The number of carbonyl (C=O) groups excluding carboxylic acids is 1. The van der Waals surface area contributed by atoms with Gasteiger partial charge < -0.3 is 9.47 Å². The van der Waals surface area contributed by atoms with Crippen molar-refractivity contribution < 1.29 is 18.7 Å². The van der Waals surface area contributed by atoms with E-state index in [9.17, 15) is 9.18 Å². The molecule has 0 aliphatic rings. The number of ether oxygens (including phenoxy) is 2. The van der Waals surface area contributed by atoms with Crippen LogP contribution in [0.1, 0.15) is 12.6 Å². The zero-order valence-corrected chi connectivity index (χ0v) is 12.1. The fraction of sp³-hybridized carbons (Fsp3) is 0.214. The second kappa shape index (κ2) is 6.49. The van der Waals surface area contributed by atoms with Crippen LogP contribution in [0.15, 0.2) is 24.4 Å². The summed E-state index contributed by atoms with van der Waals surface area (Å²) in [5, 5.41) is 0.0273. The summed E-state index contributed by atoms with van der Waals surface area (Å²) in [5.41, 5.74) is 0.157. The number of aromatic nitrogens is 2. The van der Waals surface area contributed by atoms with E-state index in [1.54, 1.807) is 12.1 Å². The maximum Gasteiger partial charge on any atom is 0.258 e. The Balaban J connectivity index is 2.27. The van der Waals surface area contributed by atoms with Gasteiger partial charge in [0.25, 0.3) is 5.88 Å². The molecule has 2 heterocycles. The Hall–Kier alpha value is -2.21. The van der Waals surface area contributed by atoms with Crippen LogP contribution >= 0.6 is 11.6 Å². The standard InChI is InChI=1S/C14H12ClFN2O3/c1-8(19)7-20-14-12(4-3-5-17-14)21-13-10(15)6-11(16)9(2)18-13/h3-6H,7H2,1-2H3. The van der Waals surface area contributed by atoms with Gasteiger partial charge in [0.15, 0.2) is 11.5 Å². The van der Waals surface area contributed by atoms with E-state index >= 15 is 0 Å². The second-order valence-electron chi connectivity index (χ2n) is 4.24. The topological polar surface area (TPSA) is 61.3 Å². The number of carbonyl (C=O) groups is 1. The van der Waals surface area contributed by atoms with Gasteiger partial charge >= 0.3 is 0 Å². The van der Waals surface area contributed by atoms with Crippen molar-refractivity contribution in [1.82, 2.24) is 9.97 Å². The molecular formula is C14H12ClFN2O3. The molecule has 0 fully saturated rings. The van der Waals surface area contributed by atoms with Crippen LogP contribution < -0.4 is 9.47 Å². The van der Waals surface area contributed by atoms with E-state index in [0.717, 1.165) is 6.07 Å². The monoisotopic (exact) mass is 310 g/mol. The van der Waals surface area contributed by atoms with Crippen LogP contribution in [-0.2, 0) is 4.79 Å². The van der Waals surface area contributed by atoms with E-state index < -0.39 is 5.82 Å². The molecule has 110 valence electrons. The highest BCUT2D eigenvalue weighted by atomic mass is 35.5. The molecular weight excluding hydrogens is 299 g/mol. The molecule has 0 aliphatic heterocycles. The Kier molecular flexibility index (Phi) is 4.70. The van der Waals surface area contributed by atoms with Crippen LogP contribution in [0.2, 0.25) is 5.02 Å². The maximum absolute atomic E-state index is 13.3. The van der Waals surface area contributed by atoms with Gasteiger partial charge in [0.2, 0.25) is 5.88 Å². The number of rotatable bonds is 5. The number of ketones is 1. The average molecular weight is 311 g/mol. The van der Waals surface area contributed by atoms with Gasteiger partial charge in [-0.15, -0.1) is 0 Å². The quantitative estimate of drug-likeness (QED) is 0.847. The predicted octanol–water partition coefficient (Wildman–Crippen LogP) is 3.34. The minimum absolute atomic E-state index is 0.0273. The predicted molar refractivity (Wildman–Crippen MR) is 74.4 cm³/mol. The summed E-state index contributed by atoms with van der Waals surface area (Å²) in [6.45, 7) is 2.76. The molecule has 0 saturated carbocycles. The Labute approximate surface area is 125 Å². The van der Waals surface area contributed by atoms with Gasteiger partial charge in [0.1, 0.15) is 17.4 Å². The Morgan fingerprint density at radius 1 is 1.43 bits per heavy atom. The molecule has 0 N–H and O–H groups in total. The highest BCUT2D eigenvalue weighted by Crippen LogP contribution is 2.32. The minimum atomic E-state index is -0.522. The van der Waals surface area contributed by atoms with Crippen molar-refractivity contribution in [3.63, 3.8) is 0 Å². The van der Waals surface area contributed by atoms with Gasteiger partial charge in [-0.2, -0.15) is 0 Å². The van der Waals surface area contributed by atoms with Crippen LogP contribution in [0.25, 0.3) is 0 Å². The van der Waals surface area contributed by atoms with Crippen molar-refractivity contribution in [3.8, 4) is 17.5 Å². The molecule has 2 aromatic heterocycles. The first-order valence-electron chi connectivity index (χ1n) is 6.05. The third kappa shape index (κ3) is 3.88. The lowest BCUT2D eigenvalue weighted by molar-refractivity contribution is -0.119. The van der Waals surface area contributed by atoms with Crippen LogP contribution in [-0.4, -0.2) is 22.4 Å². The Morgan fingerprint density at radius 2 is 2.19 bits per heavy atom. The van der Waals surface area contributed by atoms with E-state index in [4.69, 9.17) is 21.1 Å². The number of Topliss-reactive ketones (excluding diaryl/α,β-unsaturated/α-hetero) is 1. The normalized spacial score (nSPS) is 10.3. The molecule has 0 aliphatic carbocycles. The van der Waals surface area contributed by atoms with Crippen molar-refractivity contribution in [2.45, 2.75) is 13.8 Å². The first-order chi connectivity index (χ1) is 9.97. The maximum atomic E-state index is 13.3. The van der Waals surface area contributed by atoms with Crippen LogP contribution in [0.4, 0.5) is 4.39 Å². The molecule has 0 bridgehead atoms. The van der Waals surface area contributed by atoms with E-state index in [2.05, 4.69) is 9.97 Å². The van der Waals surface area contributed by atoms with Gasteiger partial charge in [-0.1, -0.05) is 11.6 Å². The van der Waals surface area contributed by atoms with E-state index in [0.29, 0.717) is 0 Å². The molecule has 0 saturated heterocycles. The number of nitrogens with zero attached hydrogens (tertiary/aromatic N) is 2. The Bertz CT molecular complexity index is 679. The zero-order valence-electron chi connectivity index (χ0n) is 11.4. The molecule has 0 aromatic carbocycles. The van der Waals surface area contributed by atoms with E-state index in [1.807, 2.05) is 0 Å². The Morgan fingerprint density at radius 3 is 2.90 bits per heavy atom.